The van der Waals surface area contributed by atoms with E-state index in [4.69, 9.17) is 14.2 Å². The predicted octanol–water partition coefficient (Wildman–Crippen LogP) is 3.73. The smallest absolute Gasteiger partial charge is 0.410 e. The second kappa shape index (κ2) is 9.29. The third-order valence-electron chi connectivity index (χ3n) is 4.60. The van der Waals surface area contributed by atoms with Gasteiger partial charge in [-0.1, -0.05) is 6.92 Å². The van der Waals surface area contributed by atoms with Gasteiger partial charge in [0.15, 0.2) is 12.4 Å². The van der Waals surface area contributed by atoms with Crippen molar-refractivity contribution in [3.05, 3.63) is 28.8 Å². The van der Waals surface area contributed by atoms with E-state index in [0.29, 0.717) is 30.8 Å². The SMILES string of the molecule is CCOC(=O)COc1cc2c(cc1C(C)=O)C(C)CN(C(=O)OC(C)(C)C)CC2. The van der Waals surface area contributed by atoms with E-state index in [0.717, 1.165) is 11.1 Å². The molecule has 1 aliphatic rings. The van der Waals surface area contributed by atoms with Crippen LogP contribution in [0.4, 0.5) is 4.79 Å². The van der Waals surface area contributed by atoms with Crippen LogP contribution in [0.3, 0.4) is 0 Å². The molecule has 0 bridgehead atoms. The molecule has 29 heavy (non-hydrogen) atoms. The molecule has 0 fully saturated rings. The second-order valence-corrected chi connectivity index (χ2v) is 8.27. The molecule has 7 heteroatoms. The lowest BCUT2D eigenvalue weighted by Crippen LogP contribution is -2.38. The highest BCUT2D eigenvalue weighted by Crippen LogP contribution is 2.32. The van der Waals surface area contributed by atoms with Crippen molar-refractivity contribution in [3.63, 3.8) is 0 Å². The van der Waals surface area contributed by atoms with E-state index in [9.17, 15) is 14.4 Å². The Morgan fingerprint density at radius 2 is 1.90 bits per heavy atom. The number of hydrogen-bond donors (Lipinski definition) is 0. The molecule has 0 saturated heterocycles. The Morgan fingerprint density at radius 1 is 1.21 bits per heavy atom. The molecule has 1 aromatic carbocycles. The van der Waals surface area contributed by atoms with Gasteiger partial charge >= 0.3 is 12.1 Å². The molecule has 1 unspecified atom stereocenters. The number of esters is 1. The number of carbonyl (C=O) groups is 3. The predicted molar refractivity (Wildman–Crippen MR) is 109 cm³/mol. The van der Waals surface area contributed by atoms with Gasteiger partial charge in [-0.25, -0.2) is 9.59 Å². The van der Waals surface area contributed by atoms with Gasteiger partial charge in [0.05, 0.1) is 12.2 Å². The largest absolute Gasteiger partial charge is 0.481 e. The number of benzene rings is 1. The fourth-order valence-corrected chi connectivity index (χ4v) is 3.32. The first-order valence-corrected chi connectivity index (χ1v) is 9.96. The van der Waals surface area contributed by atoms with E-state index in [2.05, 4.69) is 0 Å². The van der Waals surface area contributed by atoms with E-state index in [-0.39, 0.29) is 31.0 Å². The normalized spacial score (nSPS) is 16.5. The summed E-state index contributed by atoms with van der Waals surface area (Å²) in [7, 11) is 0. The van der Waals surface area contributed by atoms with Gasteiger partial charge in [-0.05, 0) is 70.2 Å². The molecule has 1 aromatic rings. The maximum atomic E-state index is 12.5. The highest BCUT2D eigenvalue weighted by molar-refractivity contribution is 5.97. The number of ketones is 1. The van der Waals surface area contributed by atoms with E-state index in [1.54, 1.807) is 17.9 Å². The van der Waals surface area contributed by atoms with Crippen molar-refractivity contribution in [2.24, 2.45) is 0 Å². The van der Waals surface area contributed by atoms with E-state index in [1.165, 1.54) is 6.92 Å². The topological polar surface area (TPSA) is 82.1 Å². The van der Waals surface area contributed by atoms with E-state index < -0.39 is 11.6 Å². The summed E-state index contributed by atoms with van der Waals surface area (Å²) in [5.41, 5.74) is 1.86. The summed E-state index contributed by atoms with van der Waals surface area (Å²) in [6.45, 7) is 11.7. The molecule has 1 aliphatic heterocycles. The van der Waals surface area contributed by atoms with E-state index >= 15 is 0 Å². The minimum absolute atomic E-state index is 0.0252. The fraction of sp³-hybridized carbons (Fsp3) is 0.591. The lowest BCUT2D eigenvalue weighted by Gasteiger charge is -2.27. The third-order valence-corrected chi connectivity index (χ3v) is 4.60. The molecule has 0 aliphatic carbocycles. The van der Waals surface area contributed by atoms with Crippen molar-refractivity contribution in [1.82, 2.24) is 4.90 Å². The molecular formula is C22H31NO6. The van der Waals surface area contributed by atoms with Gasteiger partial charge in [-0.15, -0.1) is 0 Å². The van der Waals surface area contributed by atoms with Crippen molar-refractivity contribution in [1.29, 1.82) is 0 Å². The molecule has 0 radical (unpaired) electrons. The van der Waals surface area contributed by atoms with Crippen LogP contribution in [0.2, 0.25) is 0 Å². The number of fused-ring (bicyclic) bond motifs is 1. The highest BCUT2D eigenvalue weighted by atomic mass is 16.6. The maximum absolute atomic E-state index is 12.5. The number of nitrogens with zero attached hydrogens (tertiary/aromatic N) is 1. The minimum Gasteiger partial charge on any atom is -0.481 e. The number of ether oxygens (including phenoxy) is 3. The Morgan fingerprint density at radius 3 is 2.48 bits per heavy atom. The number of amides is 1. The Bertz CT molecular complexity index is 780. The van der Waals surface area contributed by atoms with Gasteiger partial charge in [0.1, 0.15) is 11.4 Å². The van der Waals surface area contributed by atoms with Gasteiger partial charge in [-0.3, -0.25) is 4.79 Å². The zero-order valence-corrected chi connectivity index (χ0v) is 18.2. The average molecular weight is 405 g/mol. The molecule has 7 nitrogen and oxygen atoms in total. The van der Waals surface area contributed by atoms with Crippen LogP contribution < -0.4 is 4.74 Å². The summed E-state index contributed by atoms with van der Waals surface area (Å²) < 4.78 is 16.0. The van der Waals surface area contributed by atoms with Crippen LogP contribution in [0.15, 0.2) is 12.1 Å². The molecular weight excluding hydrogens is 374 g/mol. The number of carbonyl (C=O) groups excluding carboxylic acids is 3. The first-order chi connectivity index (χ1) is 13.5. The second-order valence-electron chi connectivity index (χ2n) is 8.27. The molecule has 0 aromatic heterocycles. The van der Waals surface area contributed by atoms with Crippen molar-refractivity contribution in [2.45, 2.75) is 59.5 Å². The van der Waals surface area contributed by atoms with Crippen LogP contribution in [-0.2, 0) is 20.7 Å². The highest BCUT2D eigenvalue weighted by Gasteiger charge is 2.28. The van der Waals surface area contributed by atoms with Gasteiger partial charge in [0.2, 0.25) is 0 Å². The van der Waals surface area contributed by atoms with Gasteiger partial charge in [0, 0.05) is 13.1 Å². The first-order valence-electron chi connectivity index (χ1n) is 9.96. The van der Waals surface area contributed by atoms with Crippen LogP contribution >= 0.6 is 0 Å². The molecule has 1 amide bonds. The summed E-state index contributed by atoms with van der Waals surface area (Å²) >= 11 is 0. The quantitative estimate of drug-likeness (QED) is 0.548. The monoisotopic (exact) mass is 405 g/mol. The molecule has 0 saturated carbocycles. The van der Waals surface area contributed by atoms with Gasteiger partial charge in [0.25, 0.3) is 0 Å². The number of Topliss-reactive ketones (excluding diaryl/α,β-unsaturated/α-hetero) is 1. The van der Waals surface area contributed by atoms with Crippen molar-refractivity contribution < 1.29 is 28.6 Å². The maximum Gasteiger partial charge on any atom is 0.410 e. The van der Waals surface area contributed by atoms with Gasteiger partial charge < -0.3 is 19.1 Å². The average Bonchev–Trinajstić information content (AvgIpc) is 2.77. The summed E-state index contributed by atoms with van der Waals surface area (Å²) in [5, 5.41) is 0. The fourth-order valence-electron chi connectivity index (χ4n) is 3.32. The Kier molecular flexibility index (Phi) is 7.27. The van der Waals surface area contributed by atoms with Crippen LogP contribution in [0.1, 0.15) is 68.9 Å². The summed E-state index contributed by atoms with van der Waals surface area (Å²) in [6, 6.07) is 3.63. The molecule has 0 spiro atoms. The Hall–Kier alpha value is -2.57. The van der Waals surface area contributed by atoms with Crippen molar-refractivity contribution in [2.75, 3.05) is 26.3 Å². The minimum atomic E-state index is -0.560. The number of hydrogen-bond acceptors (Lipinski definition) is 6. The lowest BCUT2D eigenvalue weighted by molar-refractivity contribution is -0.145. The van der Waals surface area contributed by atoms with E-state index in [1.807, 2.05) is 33.8 Å². The Labute approximate surface area is 172 Å². The molecule has 0 N–H and O–H groups in total. The summed E-state index contributed by atoms with van der Waals surface area (Å²) in [4.78, 5) is 38.0. The first kappa shape index (κ1) is 22.7. The van der Waals surface area contributed by atoms with Crippen molar-refractivity contribution in [3.8, 4) is 5.75 Å². The third kappa shape index (κ3) is 6.21. The molecule has 160 valence electrons. The molecule has 1 heterocycles. The lowest BCUT2D eigenvalue weighted by atomic mass is 9.92. The standard InChI is InChI=1S/C22H31NO6/c1-7-27-20(25)13-28-19-10-16-8-9-23(21(26)29-22(4,5)6)12-14(2)17(16)11-18(19)15(3)24/h10-11,14H,7-9,12-13H2,1-6H3. The van der Waals surface area contributed by atoms with Crippen LogP contribution in [0.5, 0.6) is 5.75 Å². The summed E-state index contributed by atoms with van der Waals surface area (Å²) in [6.07, 6.45) is 0.259. The zero-order valence-electron chi connectivity index (χ0n) is 18.2. The Balaban J connectivity index is 2.26. The van der Waals surface area contributed by atoms with Gasteiger partial charge in [-0.2, -0.15) is 0 Å². The summed E-state index contributed by atoms with van der Waals surface area (Å²) in [5.74, 6) is -0.243. The molecule has 1 atom stereocenters. The van der Waals surface area contributed by atoms with Crippen molar-refractivity contribution >= 4 is 17.8 Å². The van der Waals surface area contributed by atoms with Crippen LogP contribution in [0, 0.1) is 0 Å². The van der Waals surface area contributed by atoms with Crippen LogP contribution in [-0.4, -0.2) is 54.7 Å². The zero-order chi connectivity index (χ0) is 21.8. The van der Waals surface area contributed by atoms with Crippen LogP contribution in [0.25, 0.3) is 0 Å². The molecule has 2 rings (SSSR count). The number of rotatable bonds is 5.